The predicted octanol–water partition coefficient (Wildman–Crippen LogP) is 4.18. The SMILES string of the molecule is CCCN(CCC)C(=O)C1=CC(C)=CC(C(N)=O)([C@H](Cc2cc(F)cc(F)c2)[C@@H](O)CN[C@@H](C)C(=O)NCc2ccccc2)C1. The van der Waals surface area contributed by atoms with Gasteiger partial charge in [-0.3, -0.25) is 14.4 Å². The van der Waals surface area contributed by atoms with Crippen molar-refractivity contribution >= 4 is 17.7 Å². The van der Waals surface area contributed by atoms with E-state index < -0.39 is 41.0 Å². The monoisotopic (exact) mass is 624 g/mol. The molecule has 0 saturated carbocycles. The average molecular weight is 625 g/mol. The van der Waals surface area contributed by atoms with Gasteiger partial charge in [-0.25, -0.2) is 8.78 Å². The van der Waals surface area contributed by atoms with Crippen LogP contribution >= 0.6 is 0 Å². The van der Waals surface area contributed by atoms with Gasteiger partial charge in [0.15, 0.2) is 0 Å². The molecule has 2 aromatic rings. The van der Waals surface area contributed by atoms with Crippen LogP contribution in [-0.2, 0) is 27.3 Å². The summed E-state index contributed by atoms with van der Waals surface area (Å²) in [7, 11) is 0. The maximum absolute atomic E-state index is 14.3. The van der Waals surface area contributed by atoms with E-state index in [0.717, 1.165) is 36.6 Å². The molecule has 1 unspecified atom stereocenters. The van der Waals surface area contributed by atoms with E-state index in [4.69, 9.17) is 5.73 Å². The Balaban J connectivity index is 1.91. The van der Waals surface area contributed by atoms with Crippen LogP contribution in [0.25, 0.3) is 0 Å². The molecular formula is C35H46F2N4O4. The summed E-state index contributed by atoms with van der Waals surface area (Å²) in [5.41, 5.74) is 6.67. The van der Waals surface area contributed by atoms with E-state index in [1.165, 1.54) is 0 Å². The quantitative estimate of drug-likeness (QED) is 0.223. The second-order valence-corrected chi connectivity index (χ2v) is 11.9. The molecule has 8 nitrogen and oxygen atoms in total. The summed E-state index contributed by atoms with van der Waals surface area (Å²) in [5, 5.41) is 17.5. The van der Waals surface area contributed by atoms with E-state index in [1.54, 1.807) is 30.9 Å². The molecule has 5 N–H and O–H groups in total. The number of benzene rings is 2. The van der Waals surface area contributed by atoms with Crippen LogP contribution in [0.15, 0.2) is 71.8 Å². The summed E-state index contributed by atoms with van der Waals surface area (Å²) in [4.78, 5) is 41.7. The van der Waals surface area contributed by atoms with Gasteiger partial charge in [-0.15, -0.1) is 0 Å². The van der Waals surface area contributed by atoms with Crippen molar-refractivity contribution < 1.29 is 28.3 Å². The lowest BCUT2D eigenvalue weighted by Gasteiger charge is -2.42. The Bertz CT molecular complexity index is 1370. The van der Waals surface area contributed by atoms with E-state index in [-0.39, 0.29) is 36.8 Å². The van der Waals surface area contributed by atoms with Crippen molar-refractivity contribution in [1.82, 2.24) is 15.5 Å². The highest BCUT2D eigenvalue weighted by molar-refractivity contribution is 5.97. The Labute approximate surface area is 264 Å². The lowest BCUT2D eigenvalue weighted by Crippen LogP contribution is -2.53. The van der Waals surface area contributed by atoms with Gasteiger partial charge in [-0.2, -0.15) is 0 Å². The van der Waals surface area contributed by atoms with Crippen LogP contribution in [0.1, 0.15) is 58.1 Å². The van der Waals surface area contributed by atoms with Gasteiger partial charge in [0.2, 0.25) is 17.7 Å². The molecule has 0 aliphatic heterocycles. The third kappa shape index (κ3) is 9.55. The normalized spacial score (nSPS) is 18.3. The zero-order valence-electron chi connectivity index (χ0n) is 26.6. The van der Waals surface area contributed by atoms with Crippen LogP contribution in [0.3, 0.4) is 0 Å². The number of hydrogen-bond acceptors (Lipinski definition) is 5. The number of carbonyl (C=O) groups is 3. The molecule has 1 aliphatic carbocycles. The summed E-state index contributed by atoms with van der Waals surface area (Å²) < 4.78 is 28.5. The number of hydrogen-bond donors (Lipinski definition) is 4. The Morgan fingerprint density at radius 1 is 1.02 bits per heavy atom. The van der Waals surface area contributed by atoms with Gasteiger partial charge in [0.25, 0.3) is 0 Å². The zero-order valence-corrected chi connectivity index (χ0v) is 26.6. The number of allylic oxidation sites excluding steroid dienone is 2. The highest BCUT2D eigenvalue weighted by Crippen LogP contribution is 2.44. The number of nitrogens with two attached hydrogens (primary N) is 1. The van der Waals surface area contributed by atoms with Crippen molar-refractivity contribution in [2.75, 3.05) is 19.6 Å². The topological polar surface area (TPSA) is 125 Å². The number of nitrogens with zero attached hydrogens (tertiary/aromatic N) is 1. The predicted molar refractivity (Wildman–Crippen MR) is 171 cm³/mol. The molecular weight excluding hydrogens is 578 g/mol. The van der Waals surface area contributed by atoms with Gasteiger partial charge in [-0.1, -0.05) is 61.9 Å². The van der Waals surface area contributed by atoms with Crippen molar-refractivity contribution in [3.63, 3.8) is 0 Å². The Morgan fingerprint density at radius 3 is 2.22 bits per heavy atom. The van der Waals surface area contributed by atoms with Gasteiger partial charge in [0.05, 0.1) is 17.6 Å². The molecule has 1 aliphatic rings. The molecule has 0 spiro atoms. The molecule has 10 heteroatoms. The first-order valence-electron chi connectivity index (χ1n) is 15.6. The first-order valence-corrected chi connectivity index (χ1v) is 15.6. The lowest BCUT2D eigenvalue weighted by atomic mass is 9.63. The molecule has 0 bridgehead atoms. The van der Waals surface area contributed by atoms with Crippen LogP contribution in [0, 0.1) is 23.0 Å². The van der Waals surface area contributed by atoms with E-state index >= 15 is 0 Å². The molecule has 0 radical (unpaired) electrons. The number of aliphatic hydroxyl groups is 1. The summed E-state index contributed by atoms with van der Waals surface area (Å²) in [6, 6.07) is 11.7. The third-order valence-electron chi connectivity index (χ3n) is 8.22. The van der Waals surface area contributed by atoms with E-state index in [0.29, 0.717) is 30.8 Å². The molecule has 0 saturated heterocycles. The minimum Gasteiger partial charge on any atom is -0.391 e. The standard InChI is InChI=1S/C35H46F2N4O4/c1-5-12-41(13-6-2)33(44)27-14-23(3)19-35(20-27,34(38)45)30(17-26-15-28(36)18-29(37)16-26)31(42)22-39-24(4)32(43)40-21-25-10-8-7-9-11-25/h7-11,14-16,18-19,24,30-31,39,42H,5-6,12-13,17,20-22H2,1-4H3,(H2,38,45)(H,40,43)/t24-,30+,31-,35?/m0/s1. The molecule has 0 fully saturated rings. The van der Waals surface area contributed by atoms with Crippen LogP contribution in [-0.4, -0.2) is 59.5 Å². The van der Waals surface area contributed by atoms with Crippen LogP contribution < -0.4 is 16.4 Å². The molecule has 4 atom stereocenters. The maximum Gasteiger partial charge on any atom is 0.249 e. The van der Waals surface area contributed by atoms with Crippen molar-refractivity contribution in [1.29, 1.82) is 0 Å². The average Bonchev–Trinajstić information content (AvgIpc) is 3.00. The summed E-state index contributed by atoms with van der Waals surface area (Å²) in [5.74, 6) is -3.88. The lowest BCUT2D eigenvalue weighted by molar-refractivity contribution is -0.132. The van der Waals surface area contributed by atoms with E-state index in [2.05, 4.69) is 10.6 Å². The Hall–Kier alpha value is -3.89. The van der Waals surface area contributed by atoms with Gasteiger partial charge in [0, 0.05) is 43.7 Å². The largest absolute Gasteiger partial charge is 0.391 e. The molecule has 244 valence electrons. The summed E-state index contributed by atoms with van der Waals surface area (Å²) in [6.45, 7) is 8.63. The van der Waals surface area contributed by atoms with E-state index in [1.807, 2.05) is 44.2 Å². The van der Waals surface area contributed by atoms with Gasteiger partial charge < -0.3 is 26.4 Å². The number of nitrogens with one attached hydrogen (secondary N) is 2. The molecule has 3 rings (SSSR count). The fourth-order valence-corrected chi connectivity index (χ4v) is 6.03. The molecule has 45 heavy (non-hydrogen) atoms. The number of primary amides is 1. The van der Waals surface area contributed by atoms with Crippen molar-refractivity contribution in [2.24, 2.45) is 17.1 Å². The second kappa shape index (κ2) is 16.4. The first-order chi connectivity index (χ1) is 21.4. The van der Waals surface area contributed by atoms with Crippen LogP contribution in [0.2, 0.25) is 0 Å². The number of amides is 3. The highest BCUT2D eigenvalue weighted by atomic mass is 19.1. The van der Waals surface area contributed by atoms with Crippen LogP contribution in [0.5, 0.6) is 0 Å². The van der Waals surface area contributed by atoms with Crippen molar-refractivity contribution in [3.05, 3.63) is 94.6 Å². The van der Waals surface area contributed by atoms with Crippen LogP contribution in [0.4, 0.5) is 8.78 Å². The third-order valence-corrected chi connectivity index (χ3v) is 8.22. The summed E-state index contributed by atoms with van der Waals surface area (Å²) in [6.07, 6.45) is 3.38. The van der Waals surface area contributed by atoms with Crippen molar-refractivity contribution in [2.45, 2.75) is 72.1 Å². The number of aliphatic hydroxyl groups excluding tert-OH is 1. The zero-order chi connectivity index (χ0) is 33.1. The smallest absolute Gasteiger partial charge is 0.249 e. The second-order valence-electron chi connectivity index (χ2n) is 11.9. The minimum absolute atomic E-state index is 0.0882. The minimum atomic E-state index is -1.56. The molecule has 3 amide bonds. The summed E-state index contributed by atoms with van der Waals surface area (Å²) >= 11 is 0. The molecule has 0 heterocycles. The van der Waals surface area contributed by atoms with Gasteiger partial charge in [-0.05, 0) is 62.8 Å². The van der Waals surface area contributed by atoms with E-state index in [9.17, 15) is 28.3 Å². The fourth-order valence-electron chi connectivity index (χ4n) is 6.03. The fraction of sp³-hybridized carbons (Fsp3) is 0.457. The molecule has 0 aromatic heterocycles. The van der Waals surface area contributed by atoms with Crippen molar-refractivity contribution in [3.8, 4) is 0 Å². The first kappa shape index (κ1) is 35.6. The Kier molecular flexibility index (Phi) is 13.0. The van der Waals surface area contributed by atoms with Gasteiger partial charge in [0.1, 0.15) is 11.6 Å². The van der Waals surface area contributed by atoms with Gasteiger partial charge >= 0.3 is 0 Å². The maximum atomic E-state index is 14.3. The highest BCUT2D eigenvalue weighted by Gasteiger charge is 2.48. The Morgan fingerprint density at radius 2 is 1.64 bits per heavy atom. The molecule has 2 aromatic carbocycles. The number of carbonyl (C=O) groups excluding carboxylic acids is 3. The number of halogens is 2. The number of rotatable bonds is 16.